The highest BCUT2D eigenvalue weighted by Gasteiger charge is 2.62. The summed E-state index contributed by atoms with van der Waals surface area (Å²) in [5, 5.41) is 80.6. The molecule has 91 heavy (non-hydrogen) atoms. The van der Waals surface area contributed by atoms with Gasteiger partial charge in [0.05, 0.1) is 42.1 Å². The topological polar surface area (TPSA) is 194 Å². The largest absolute Gasteiger partial charge is 0.507 e. The van der Waals surface area contributed by atoms with Crippen LogP contribution in [0.25, 0.3) is 16.8 Å². The first-order chi connectivity index (χ1) is 44.4. The number of ether oxygens (including phenoxy) is 3. The second-order valence-corrected chi connectivity index (χ2v) is 31.5. The van der Waals surface area contributed by atoms with E-state index in [1.165, 1.54) is 5.56 Å². The number of benzene rings is 6. The Balaban J connectivity index is 1.03. The summed E-state index contributed by atoms with van der Waals surface area (Å²) in [5.74, 6) is 0.00600. The number of aliphatic hydroxyl groups excluding tert-OH is 4. The van der Waals surface area contributed by atoms with Crippen LogP contribution >= 0.6 is 43.2 Å². The van der Waals surface area contributed by atoms with Gasteiger partial charge in [-0.3, -0.25) is 4.79 Å². The molecule has 0 radical (unpaired) electrons. The number of aliphatic hydroxyl groups is 4. The minimum Gasteiger partial charge on any atom is -0.507 e. The number of phenolic OH excluding ortho intramolecular Hbond substituents is 2. The number of H-pyrrole nitrogens is 1. The number of phenols is 2. The molecule has 1 aromatic heterocycles. The third-order valence-electron chi connectivity index (χ3n) is 21.8. The number of hydrogen-bond acceptors (Lipinski definition) is 15. The van der Waals surface area contributed by atoms with Gasteiger partial charge in [0, 0.05) is 70.9 Å². The summed E-state index contributed by atoms with van der Waals surface area (Å²) in [6.45, 7) is 1.42. The average Bonchev–Trinajstić information content (AvgIpc) is 0.827. The van der Waals surface area contributed by atoms with Crippen molar-refractivity contribution in [1.29, 1.82) is 0 Å². The van der Waals surface area contributed by atoms with Gasteiger partial charge in [0.15, 0.2) is 35.6 Å². The summed E-state index contributed by atoms with van der Waals surface area (Å²) in [5.41, 5.74) is 7.43. The molecule has 8 N–H and O–H groups in total. The molecule has 13 atom stereocenters. The molecular weight excluding hydrogens is 1220 g/mol. The molecule has 3 saturated carbocycles. The number of aromatic nitrogens is 1. The van der Waals surface area contributed by atoms with E-state index in [0.29, 0.717) is 59.1 Å². The van der Waals surface area contributed by atoms with Gasteiger partial charge in [0.25, 0.3) is 0 Å². The zero-order valence-electron chi connectivity index (χ0n) is 52.2. The Hall–Kier alpha value is -5.53. The molecule has 480 valence electrons. The second-order valence-electron chi connectivity index (χ2n) is 26.3. The molecule has 7 aromatic rings. The van der Waals surface area contributed by atoms with E-state index in [0.717, 1.165) is 119 Å². The van der Waals surface area contributed by atoms with Gasteiger partial charge in [-0.25, -0.2) is 0 Å². The first-order valence-electron chi connectivity index (χ1n) is 32.8. The van der Waals surface area contributed by atoms with Crippen LogP contribution in [0.2, 0.25) is 0 Å². The van der Waals surface area contributed by atoms with Gasteiger partial charge in [0.2, 0.25) is 0 Å². The minimum absolute atomic E-state index is 0.00211. The van der Waals surface area contributed by atoms with E-state index in [9.17, 15) is 30.6 Å². The number of ketones is 1. The molecule has 16 heteroatoms. The third kappa shape index (κ3) is 12.0. The lowest BCUT2D eigenvalue weighted by Crippen LogP contribution is -2.63. The standard InChI is InChI=1S/C75H86N2O10S4/c1-4-46-19-20-47-15-10-17-56-67(39-78)91-90-41-53-34-68(82)75(61-42-89-88-40-51-14-8-9-18-64(51)87-66-33-50(61)22-26-65(66)86-43-79,54-35-60-55(63(81)36-54)23-24-59-49(16-11-28-74(59,60)76-2)30-44-12-6-5-7-13-44)73(84)70(53)71(83)52(31-45-27-29-77-38-45)32-48-21-25-62(80)72(85-3)58(48)37-57(46)69(47)56/h5-7,10,12-13,15,17,19-27,29,33,35-36,38,49,51-53,59,61,64,67-68,70-71,76-83H,4,8-9,11,14,16,18,28,30-32,34,37,39-43H2,1-3H3. The number of fused-ring (bicyclic) bond motifs is 8. The van der Waals surface area contributed by atoms with Crippen LogP contribution in [0.5, 0.6) is 28.7 Å². The number of rotatable bonds is 12. The highest BCUT2D eigenvalue weighted by molar-refractivity contribution is 8.77. The first-order valence-corrected chi connectivity index (χ1v) is 37.7. The van der Waals surface area contributed by atoms with Crippen LogP contribution in [0.15, 0.2) is 128 Å². The molecule has 3 heterocycles. The van der Waals surface area contributed by atoms with Crippen molar-refractivity contribution in [3.05, 3.63) is 189 Å². The molecule has 6 aliphatic rings. The summed E-state index contributed by atoms with van der Waals surface area (Å²) >= 11 is 0. The number of carbonyl (C=O) groups is 1. The van der Waals surface area contributed by atoms with Gasteiger partial charge in [-0.15, -0.1) is 0 Å². The fourth-order valence-electron chi connectivity index (χ4n) is 17.3. The van der Waals surface area contributed by atoms with Crippen molar-refractivity contribution < 1.29 is 49.6 Å². The van der Waals surface area contributed by atoms with E-state index in [1.54, 1.807) is 62.4 Å². The monoisotopic (exact) mass is 1300 g/mol. The van der Waals surface area contributed by atoms with Gasteiger partial charge in [0.1, 0.15) is 11.9 Å². The summed E-state index contributed by atoms with van der Waals surface area (Å²) in [6, 6.07) is 36.5. The fourth-order valence-corrected chi connectivity index (χ4v) is 23.0. The van der Waals surface area contributed by atoms with Crippen LogP contribution < -0.4 is 19.5 Å². The molecule has 13 rings (SSSR count). The quantitative estimate of drug-likeness (QED) is 0.0425. The lowest BCUT2D eigenvalue weighted by Gasteiger charge is -2.54. The Kier molecular flexibility index (Phi) is 19.6. The van der Waals surface area contributed by atoms with Crippen LogP contribution in [-0.2, 0) is 47.9 Å². The molecular formula is C75H86N2O10S4. The molecule has 6 aromatic carbocycles. The number of methoxy groups -OCH3 is 1. The smallest absolute Gasteiger partial charge is 0.186 e. The van der Waals surface area contributed by atoms with Crippen LogP contribution in [-0.4, -0.2) is 105 Å². The summed E-state index contributed by atoms with van der Waals surface area (Å²) in [6.07, 6.45) is 15.0. The number of nitrogens with one attached hydrogen (secondary N) is 2. The zero-order valence-corrected chi connectivity index (χ0v) is 55.5. The lowest BCUT2D eigenvalue weighted by molar-refractivity contribution is -0.150. The lowest BCUT2D eigenvalue weighted by atomic mass is 9.51. The van der Waals surface area contributed by atoms with Crippen LogP contribution in [0.4, 0.5) is 0 Å². The van der Waals surface area contributed by atoms with Crippen molar-refractivity contribution >= 4 is 65.8 Å². The Morgan fingerprint density at radius 2 is 1.63 bits per heavy atom. The van der Waals surface area contributed by atoms with Gasteiger partial charge >= 0.3 is 0 Å². The first kappa shape index (κ1) is 64.2. The predicted octanol–water partition coefficient (Wildman–Crippen LogP) is 14.0. The van der Waals surface area contributed by atoms with Gasteiger partial charge in [-0.05, 0) is 180 Å². The second kappa shape index (κ2) is 27.8. The predicted molar refractivity (Wildman–Crippen MR) is 370 cm³/mol. The van der Waals surface area contributed by atoms with E-state index in [1.807, 2.05) is 55.8 Å². The highest BCUT2D eigenvalue weighted by atomic mass is 33.1. The van der Waals surface area contributed by atoms with Crippen molar-refractivity contribution in [1.82, 2.24) is 10.3 Å². The Morgan fingerprint density at radius 3 is 2.42 bits per heavy atom. The highest BCUT2D eigenvalue weighted by Crippen LogP contribution is 2.60. The zero-order chi connectivity index (χ0) is 63.0. The molecule has 0 spiro atoms. The van der Waals surface area contributed by atoms with Crippen LogP contribution in [0.1, 0.15) is 131 Å². The van der Waals surface area contributed by atoms with Crippen LogP contribution in [0, 0.1) is 35.5 Å². The van der Waals surface area contributed by atoms with Gasteiger partial charge in [-0.2, -0.15) is 0 Å². The average molecular weight is 1300 g/mol. The Morgan fingerprint density at radius 1 is 0.802 bits per heavy atom. The molecule has 2 bridgehead atoms. The summed E-state index contributed by atoms with van der Waals surface area (Å²) in [4.78, 5) is 21.3. The molecule has 4 aliphatic carbocycles. The van der Waals surface area contributed by atoms with Crippen molar-refractivity contribution in [2.75, 3.05) is 44.8 Å². The van der Waals surface area contributed by atoms with E-state index >= 15 is 4.79 Å². The van der Waals surface area contributed by atoms with Gasteiger partial charge < -0.3 is 55.2 Å². The van der Waals surface area contributed by atoms with Crippen LogP contribution in [0.3, 0.4) is 0 Å². The number of aryl methyl sites for hydroxylation is 1. The van der Waals surface area contributed by atoms with E-state index in [4.69, 9.17) is 14.2 Å². The molecule has 2 aliphatic heterocycles. The number of Topliss-reactive ketones (excluding diaryl/α,β-unsaturated/α-hetero) is 1. The maximum absolute atomic E-state index is 18.0. The maximum atomic E-state index is 18.0. The SMILES string of the molecule is CCc1ccc2cccc3c2c1Cc1c(ccc(O)c1OC)CC(Cc1cc[nH]c1)C(O)C1C(=O)C(c2cc(O)c4c(c2)C2(NC)CCCC(Cc5ccccc5)C2C=C4)(C2CSSCC4CCCCC4Oc4cc2ccc4OCO)C(O)CC1CSSC3CO. The number of carbonyl (C=O) groups excluding carboxylic acids is 1. The molecule has 0 saturated heterocycles. The van der Waals surface area contributed by atoms with E-state index in [-0.39, 0.29) is 54.2 Å². The summed E-state index contributed by atoms with van der Waals surface area (Å²) in [7, 11) is 10.2. The van der Waals surface area contributed by atoms with Crippen molar-refractivity contribution in [2.45, 2.75) is 131 Å². The number of hydrogen-bond donors (Lipinski definition) is 8. The van der Waals surface area contributed by atoms with Crippen molar-refractivity contribution in [3.63, 3.8) is 0 Å². The molecule has 13 unspecified atom stereocenters. The minimum atomic E-state index is -1.79. The normalized spacial score (nSPS) is 29.4. The molecule has 12 nitrogen and oxygen atoms in total. The molecule has 3 fully saturated rings. The number of aromatic hydroxyl groups is 2. The van der Waals surface area contributed by atoms with E-state index in [2.05, 4.69) is 90.0 Å². The van der Waals surface area contributed by atoms with Gasteiger partial charge in [-0.1, -0.05) is 154 Å². The maximum Gasteiger partial charge on any atom is 0.186 e. The third-order valence-corrected chi connectivity index (χ3v) is 27.1. The van der Waals surface area contributed by atoms with Crippen molar-refractivity contribution in [3.8, 4) is 28.7 Å². The Bertz CT molecular complexity index is 3750. The number of aromatic amines is 1. The van der Waals surface area contributed by atoms with E-state index < -0.39 is 58.9 Å². The molecule has 0 amide bonds. The Labute approximate surface area is 550 Å². The fraction of sp³-hybridized carbons (Fsp3) is 0.453. The summed E-state index contributed by atoms with van der Waals surface area (Å²) < 4.78 is 19.2. The van der Waals surface area contributed by atoms with Crippen molar-refractivity contribution in [2.24, 2.45) is 35.5 Å².